The average Bonchev–Trinajstić information content (AvgIpc) is 2.57. The number of piperidine rings is 1. The lowest BCUT2D eigenvalue weighted by atomic mass is 10.0. The highest BCUT2D eigenvalue weighted by Gasteiger charge is 2.24. The van der Waals surface area contributed by atoms with Gasteiger partial charge in [0.15, 0.2) is 17.2 Å². The molecule has 0 saturated carbocycles. The number of hydrogen-bond donors (Lipinski definition) is 4. The van der Waals surface area contributed by atoms with Crippen molar-refractivity contribution in [1.82, 2.24) is 10.2 Å². The van der Waals surface area contributed by atoms with Crippen molar-refractivity contribution in [3.63, 3.8) is 0 Å². The molecule has 0 spiro atoms. The molecule has 1 aromatic carbocycles. The molecule has 1 fully saturated rings. The molecule has 1 saturated heterocycles. The monoisotopic (exact) mass is 350 g/mol. The Bertz CT molecular complexity index is 657. The molecule has 25 heavy (non-hydrogen) atoms. The normalized spacial score (nSPS) is 15.0. The van der Waals surface area contributed by atoms with Gasteiger partial charge >= 0.3 is 0 Å². The smallest absolute Gasteiger partial charge is 0.251 e. The molecule has 1 heterocycles. The van der Waals surface area contributed by atoms with Gasteiger partial charge in [0.1, 0.15) is 5.78 Å². The van der Waals surface area contributed by atoms with Crippen LogP contribution in [0.4, 0.5) is 0 Å². The summed E-state index contributed by atoms with van der Waals surface area (Å²) in [5.74, 6) is -2.38. The third-order valence-electron chi connectivity index (χ3n) is 4.21. The number of benzene rings is 1. The van der Waals surface area contributed by atoms with Gasteiger partial charge in [-0.15, -0.1) is 0 Å². The number of phenols is 3. The zero-order valence-corrected chi connectivity index (χ0v) is 14.0. The minimum absolute atomic E-state index is 0.0177. The number of carbonyl (C=O) groups excluding carboxylic acids is 3. The number of aromatic hydroxyl groups is 3. The number of nitrogens with zero attached hydrogens (tertiary/aromatic N) is 1. The highest BCUT2D eigenvalue weighted by molar-refractivity contribution is 5.95. The van der Waals surface area contributed by atoms with Gasteiger partial charge in [-0.3, -0.25) is 9.59 Å². The van der Waals surface area contributed by atoms with Crippen molar-refractivity contribution in [2.75, 3.05) is 13.1 Å². The lowest BCUT2D eigenvalue weighted by molar-refractivity contribution is -0.133. The molecule has 0 bridgehead atoms. The molecule has 1 aliphatic heterocycles. The fraction of sp³-hybridized carbons (Fsp3) is 0.471. The van der Waals surface area contributed by atoms with E-state index in [1.54, 1.807) is 4.90 Å². The lowest BCUT2D eigenvalue weighted by Crippen LogP contribution is -2.46. The summed E-state index contributed by atoms with van der Waals surface area (Å²) in [6.07, 6.45) is 1.60. The van der Waals surface area contributed by atoms with E-state index >= 15 is 0 Å². The SMILES string of the molecule is CC(=O)CCC(=O)N1CCC(NC(=O)c2cc(O)c(O)c(O)c2)CC1. The molecule has 0 aliphatic carbocycles. The molecule has 4 N–H and O–H groups in total. The predicted octanol–water partition coefficient (Wildman–Crippen LogP) is 0.893. The first-order chi connectivity index (χ1) is 11.8. The van der Waals surface area contributed by atoms with E-state index in [9.17, 15) is 29.7 Å². The maximum Gasteiger partial charge on any atom is 0.251 e. The molecule has 2 rings (SSSR count). The van der Waals surface area contributed by atoms with Crippen LogP contribution in [-0.4, -0.2) is 56.9 Å². The van der Waals surface area contributed by atoms with Gasteiger partial charge in [0.25, 0.3) is 5.91 Å². The van der Waals surface area contributed by atoms with Gasteiger partial charge in [-0.05, 0) is 31.9 Å². The zero-order valence-electron chi connectivity index (χ0n) is 14.0. The molecule has 0 radical (unpaired) electrons. The number of carbonyl (C=O) groups is 3. The summed E-state index contributed by atoms with van der Waals surface area (Å²) in [7, 11) is 0. The summed E-state index contributed by atoms with van der Waals surface area (Å²) in [6.45, 7) is 2.44. The first-order valence-corrected chi connectivity index (χ1v) is 8.11. The Labute approximate surface area is 145 Å². The molecular weight excluding hydrogens is 328 g/mol. The van der Waals surface area contributed by atoms with Gasteiger partial charge in [-0.25, -0.2) is 0 Å². The van der Waals surface area contributed by atoms with Crippen molar-refractivity contribution in [1.29, 1.82) is 0 Å². The van der Waals surface area contributed by atoms with Gasteiger partial charge in [0.05, 0.1) is 0 Å². The number of Topliss-reactive ketones (excluding diaryl/α,β-unsaturated/α-hetero) is 1. The predicted molar refractivity (Wildman–Crippen MR) is 88.4 cm³/mol. The fourth-order valence-corrected chi connectivity index (χ4v) is 2.72. The molecule has 8 nitrogen and oxygen atoms in total. The Kier molecular flexibility index (Phi) is 5.84. The summed E-state index contributed by atoms with van der Waals surface area (Å²) < 4.78 is 0. The largest absolute Gasteiger partial charge is 0.504 e. The number of ketones is 1. The number of nitrogens with one attached hydrogen (secondary N) is 1. The number of amides is 2. The van der Waals surface area contributed by atoms with Crippen LogP contribution in [0.1, 0.15) is 43.0 Å². The topological polar surface area (TPSA) is 127 Å². The van der Waals surface area contributed by atoms with Crippen LogP contribution in [0.3, 0.4) is 0 Å². The van der Waals surface area contributed by atoms with Crippen LogP contribution in [0.5, 0.6) is 17.2 Å². The van der Waals surface area contributed by atoms with Crippen LogP contribution in [0.15, 0.2) is 12.1 Å². The minimum atomic E-state index is -0.672. The molecule has 0 unspecified atom stereocenters. The highest BCUT2D eigenvalue weighted by Crippen LogP contribution is 2.35. The Balaban J connectivity index is 1.86. The molecule has 136 valence electrons. The standard InChI is InChI=1S/C17H22N2O6/c1-10(20)2-3-15(23)19-6-4-12(5-7-19)18-17(25)11-8-13(21)16(24)14(22)9-11/h8-9,12,21-22,24H,2-7H2,1H3,(H,18,25). The van der Waals surface area contributed by atoms with E-state index in [2.05, 4.69) is 5.32 Å². The third-order valence-corrected chi connectivity index (χ3v) is 4.21. The summed E-state index contributed by atoms with van der Waals surface area (Å²) in [6, 6.07) is 2.01. The van der Waals surface area contributed by atoms with Gasteiger partial charge in [0.2, 0.25) is 5.91 Å². The van der Waals surface area contributed by atoms with Crippen LogP contribution in [0.25, 0.3) is 0 Å². The van der Waals surface area contributed by atoms with Gasteiger partial charge in [-0.2, -0.15) is 0 Å². The van der Waals surface area contributed by atoms with Crippen molar-refractivity contribution in [3.05, 3.63) is 17.7 Å². The van der Waals surface area contributed by atoms with E-state index in [0.717, 1.165) is 12.1 Å². The van der Waals surface area contributed by atoms with Crippen LogP contribution in [0.2, 0.25) is 0 Å². The van der Waals surface area contributed by atoms with Crippen LogP contribution >= 0.6 is 0 Å². The van der Waals surface area contributed by atoms with E-state index in [4.69, 9.17) is 0 Å². The van der Waals surface area contributed by atoms with E-state index in [1.165, 1.54) is 6.92 Å². The summed E-state index contributed by atoms with van der Waals surface area (Å²) in [5, 5.41) is 31.0. The van der Waals surface area contributed by atoms with Gasteiger partial charge in [-0.1, -0.05) is 0 Å². The van der Waals surface area contributed by atoms with Crippen LogP contribution in [0, 0.1) is 0 Å². The molecule has 2 amide bonds. The summed E-state index contributed by atoms with van der Waals surface area (Å²) >= 11 is 0. The fourth-order valence-electron chi connectivity index (χ4n) is 2.72. The van der Waals surface area contributed by atoms with Crippen molar-refractivity contribution < 1.29 is 29.7 Å². The van der Waals surface area contributed by atoms with Gasteiger partial charge < -0.3 is 30.3 Å². The van der Waals surface area contributed by atoms with Crippen molar-refractivity contribution in [2.45, 2.75) is 38.6 Å². The van der Waals surface area contributed by atoms with E-state index < -0.39 is 23.2 Å². The second-order valence-electron chi connectivity index (χ2n) is 6.19. The Hall–Kier alpha value is -2.77. The Morgan fingerprint density at radius 1 is 1.08 bits per heavy atom. The number of likely N-dealkylation sites (tertiary alicyclic amines) is 1. The quantitative estimate of drug-likeness (QED) is 0.584. The minimum Gasteiger partial charge on any atom is -0.504 e. The first-order valence-electron chi connectivity index (χ1n) is 8.11. The number of phenolic OH excluding ortho intramolecular Hbond substituents is 3. The maximum absolute atomic E-state index is 12.2. The van der Waals surface area contributed by atoms with Crippen molar-refractivity contribution in [2.24, 2.45) is 0 Å². The van der Waals surface area contributed by atoms with E-state index in [1.807, 2.05) is 0 Å². The molecule has 1 aliphatic rings. The van der Waals surface area contributed by atoms with Crippen molar-refractivity contribution in [3.8, 4) is 17.2 Å². The van der Waals surface area contributed by atoms with E-state index in [-0.39, 0.29) is 36.1 Å². The summed E-state index contributed by atoms with van der Waals surface area (Å²) in [5.41, 5.74) is 0.0350. The highest BCUT2D eigenvalue weighted by atomic mass is 16.3. The molecule has 1 aromatic rings. The molecular formula is C17H22N2O6. The van der Waals surface area contributed by atoms with E-state index in [0.29, 0.717) is 25.9 Å². The number of rotatable bonds is 5. The summed E-state index contributed by atoms with van der Waals surface area (Å²) in [4.78, 5) is 36.8. The van der Waals surface area contributed by atoms with Gasteiger partial charge in [0, 0.05) is 37.5 Å². The number of hydrogen-bond acceptors (Lipinski definition) is 6. The average molecular weight is 350 g/mol. The maximum atomic E-state index is 12.2. The second kappa shape index (κ2) is 7.87. The zero-order chi connectivity index (χ0) is 18.6. The second-order valence-corrected chi connectivity index (χ2v) is 6.19. The lowest BCUT2D eigenvalue weighted by Gasteiger charge is -2.32. The molecule has 8 heteroatoms. The Morgan fingerprint density at radius 2 is 1.64 bits per heavy atom. The molecule has 0 atom stereocenters. The van der Waals surface area contributed by atoms with Crippen molar-refractivity contribution >= 4 is 17.6 Å². The van der Waals surface area contributed by atoms with Crippen LogP contribution < -0.4 is 5.32 Å². The van der Waals surface area contributed by atoms with Crippen LogP contribution in [-0.2, 0) is 9.59 Å². The first kappa shape index (κ1) is 18.6. The Morgan fingerprint density at radius 3 is 2.16 bits per heavy atom. The molecule has 0 aromatic heterocycles. The third kappa shape index (κ3) is 4.85.